The molecule has 2 unspecified atom stereocenters. The zero-order chi connectivity index (χ0) is 13.1. The van der Waals surface area contributed by atoms with Crippen LogP contribution in [0.15, 0.2) is 12.1 Å². The minimum Gasteiger partial charge on any atom is -0.379 e. The van der Waals surface area contributed by atoms with Gasteiger partial charge in [0.1, 0.15) is 5.69 Å². The van der Waals surface area contributed by atoms with E-state index in [0.717, 1.165) is 31.4 Å². The van der Waals surface area contributed by atoms with Crippen LogP contribution in [0.5, 0.6) is 0 Å². The van der Waals surface area contributed by atoms with Crippen molar-refractivity contribution < 1.29 is 13.5 Å². The summed E-state index contributed by atoms with van der Waals surface area (Å²) in [5.74, 6) is -1.48. The van der Waals surface area contributed by atoms with E-state index in [0.29, 0.717) is 0 Å². The second-order valence-electron chi connectivity index (χ2n) is 4.38. The number of ether oxygens (including phenoxy) is 1. The number of rotatable bonds is 3. The van der Waals surface area contributed by atoms with Crippen molar-refractivity contribution in [3.8, 4) is 6.07 Å². The lowest BCUT2D eigenvalue weighted by Gasteiger charge is -2.21. The molecule has 0 heterocycles. The SMILES string of the molecule is COC1CCCC1Nc1c(F)cc(C#N)cc1F. The number of halogens is 2. The van der Waals surface area contributed by atoms with Gasteiger partial charge in [0.2, 0.25) is 0 Å². The Morgan fingerprint density at radius 2 is 2.00 bits per heavy atom. The van der Waals surface area contributed by atoms with Crippen LogP contribution in [0.3, 0.4) is 0 Å². The van der Waals surface area contributed by atoms with E-state index in [9.17, 15) is 8.78 Å². The summed E-state index contributed by atoms with van der Waals surface area (Å²) in [5.41, 5.74) is -0.201. The molecule has 5 heteroatoms. The zero-order valence-electron chi connectivity index (χ0n) is 10.0. The largest absolute Gasteiger partial charge is 0.379 e. The highest BCUT2D eigenvalue weighted by Gasteiger charge is 2.28. The molecule has 0 aliphatic heterocycles. The number of hydrogen-bond acceptors (Lipinski definition) is 3. The molecule has 1 fully saturated rings. The molecular formula is C13H14F2N2O. The van der Waals surface area contributed by atoms with Crippen molar-refractivity contribution in [1.82, 2.24) is 0 Å². The molecule has 0 radical (unpaired) electrons. The van der Waals surface area contributed by atoms with E-state index in [1.807, 2.05) is 0 Å². The quantitative estimate of drug-likeness (QED) is 0.899. The van der Waals surface area contributed by atoms with Gasteiger partial charge in [-0.2, -0.15) is 5.26 Å². The van der Waals surface area contributed by atoms with Crippen LogP contribution in [0.2, 0.25) is 0 Å². The number of nitriles is 1. The summed E-state index contributed by atoms with van der Waals surface area (Å²) in [6.07, 6.45) is 2.64. The molecule has 0 spiro atoms. The topological polar surface area (TPSA) is 45.0 Å². The fourth-order valence-corrected chi connectivity index (χ4v) is 2.33. The van der Waals surface area contributed by atoms with Gasteiger partial charge in [-0.05, 0) is 31.4 Å². The summed E-state index contributed by atoms with van der Waals surface area (Å²) < 4.78 is 32.6. The highest BCUT2D eigenvalue weighted by atomic mass is 19.1. The van der Waals surface area contributed by atoms with Crippen LogP contribution in [0.25, 0.3) is 0 Å². The van der Waals surface area contributed by atoms with Crippen LogP contribution in [-0.4, -0.2) is 19.3 Å². The van der Waals surface area contributed by atoms with E-state index in [-0.39, 0.29) is 23.4 Å². The third kappa shape index (κ3) is 2.44. The van der Waals surface area contributed by atoms with Crippen LogP contribution in [0, 0.1) is 23.0 Å². The Bertz CT molecular complexity index is 461. The molecule has 1 aromatic carbocycles. The lowest BCUT2D eigenvalue weighted by molar-refractivity contribution is 0.101. The highest BCUT2D eigenvalue weighted by Crippen LogP contribution is 2.28. The van der Waals surface area contributed by atoms with Crippen molar-refractivity contribution in [2.24, 2.45) is 0 Å². The van der Waals surface area contributed by atoms with E-state index in [1.54, 1.807) is 13.2 Å². The van der Waals surface area contributed by atoms with Crippen molar-refractivity contribution in [2.45, 2.75) is 31.4 Å². The maximum absolute atomic E-state index is 13.7. The van der Waals surface area contributed by atoms with Gasteiger partial charge < -0.3 is 10.1 Å². The van der Waals surface area contributed by atoms with Crippen molar-refractivity contribution in [2.75, 3.05) is 12.4 Å². The average Bonchev–Trinajstić information content (AvgIpc) is 2.80. The summed E-state index contributed by atoms with van der Waals surface area (Å²) in [6, 6.07) is 3.69. The van der Waals surface area contributed by atoms with E-state index in [4.69, 9.17) is 10.00 Å². The Balaban J connectivity index is 2.22. The minimum absolute atomic E-state index is 0.0229. The molecule has 0 aromatic heterocycles. The van der Waals surface area contributed by atoms with Gasteiger partial charge in [0, 0.05) is 7.11 Å². The number of methoxy groups -OCH3 is 1. The maximum Gasteiger partial charge on any atom is 0.150 e. The Kier molecular flexibility index (Phi) is 3.78. The Morgan fingerprint density at radius 3 is 2.56 bits per heavy atom. The molecule has 1 aliphatic carbocycles. The van der Waals surface area contributed by atoms with Gasteiger partial charge in [0.25, 0.3) is 0 Å². The van der Waals surface area contributed by atoms with E-state index in [2.05, 4.69) is 5.32 Å². The molecule has 18 heavy (non-hydrogen) atoms. The van der Waals surface area contributed by atoms with Crippen molar-refractivity contribution >= 4 is 5.69 Å². The molecule has 1 aliphatic rings. The molecule has 0 saturated heterocycles. The highest BCUT2D eigenvalue weighted by molar-refractivity contribution is 5.51. The van der Waals surface area contributed by atoms with E-state index >= 15 is 0 Å². The Hall–Kier alpha value is -1.67. The minimum atomic E-state index is -0.742. The summed E-state index contributed by atoms with van der Waals surface area (Å²) in [5, 5.41) is 11.5. The van der Waals surface area contributed by atoms with Crippen LogP contribution < -0.4 is 5.32 Å². The smallest absolute Gasteiger partial charge is 0.150 e. The maximum atomic E-state index is 13.7. The molecular weight excluding hydrogens is 238 g/mol. The Morgan fingerprint density at radius 1 is 1.33 bits per heavy atom. The van der Waals surface area contributed by atoms with Crippen LogP contribution >= 0.6 is 0 Å². The van der Waals surface area contributed by atoms with Gasteiger partial charge in [0.15, 0.2) is 11.6 Å². The van der Waals surface area contributed by atoms with Crippen LogP contribution in [0.1, 0.15) is 24.8 Å². The number of hydrogen-bond donors (Lipinski definition) is 1. The summed E-state index contributed by atoms with van der Waals surface area (Å²) >= 11 is 0. The first-order chi connectivity index (χ1) is 8.65. The first-order valence-electron chi connectivity index (χ1n) is 5.84. The van der Waals surface area contributed by atoms with Crippen LogP contribution in [-0.2, 0) is 4.74 Å². The molecule has 96 valence electrons. The molecule has 1 saturated carbocycles. The fourth-order valence-electron chi connectivity index (χ4n) is 2.33. The lowest BCUT2D eigenvalue weighted by atomic mass is 10.1. The predicted octanol–water partition coefficient (Wildman–Crippen LogP) is 2.82. The number of benzene rings is 1. The third-order valence-electron chi connectivity index (χ3n) is 3.26. The van der Waals surface area contributed by atoms with Crippen molar-refractivity contribution in [3.05, 3.63) is 29.3 Å². The number of nitrogens with zero attached hydrogens (tertiary/aromatic N) is 1. The van der Waals surface area contributed by atoms with Crippen LogP contribution in [0.4, 0.5) is 14.5 Å². The lowest BCUT2D eigenvalue weighted by Crippen LogP contribution is -2.30. The molecule has 0 bridgehead atoms. The molecule has 1 aromatic rings. The van der Waals surface area contributed by atoms with Gasteiger partial charge >= 0.3 is 0 Å². The van der Waals surface area contributed by atoms with Crippen molar-refractivity contribution in [3.63, 3.8) is 0 Å². The van der Waals surface area contributed by atoms with Crippen molar-refractivity contribution in [1.29, 1.82) is 5.26 Å². The Labute approximate surface area is 104 Å². The second-order valence-corrected chi connectivity index (χ2v) is 4.38. The third-order valence-corrected chi connectivity index (χ3v) is 3.26. The molecule has 0 amide bonds. The second kappa shape index (κ2) is 5.32. The van der Waals surface area contributed by atoms with Gasteiger partial charge in [-0.3, -0.25) is 0 Å². The van der Waals surface area contributed by atoms with Gasteiger partial charge in [-0.25, -0.2) is 8.78 Å². The fraction of sp³-hybridized carbons (Fsp3) is 0.462. The number of anilines is 1. The van der Waals surface area contributed by atoms with E-state index in [1.165, 1.54) is 0 Å². The normalized spacial score (nSPS) is 22.8. The number of nitrogens with one attached hydrogen (secondary N) is 1. The first kappa shape index (κ1) is 12.8. The molecule has 2 rings (SSSR count). The zero-order valence-corrected chi connectivity index (χ0v) is 10.0. The standard InChI is InChI=1S/C13H14F2N2O/c1-18-12-4-2-3-11(12)17-13-9(14)5-8(7-16)6-10(13)15/h5-6,11-12,17H,2-4H2,1H3. The molecule has 1 N–H and O–H groups in total. The summed E-state index contributed by atoms with van der Waals surface area (Å²) in [4.78, 5) is 0. The van der Waals surface area contributed by atoms with Gasteiger partial charge in [-0.15, -0.1) is 0 Å². The predicted molar refractivity (Wildman–Crippen MR) is 63.1 cm³/mol. The monoisotopic (exact) mass is 252 g/mol. The van der Waals surface area contributed by atoms with E-state index < -0.39 is 11.6 Å². The summed E-state index contributed by atoms with van der Waals surface area (Å²) in [7, 11) is 1.59. The van der Waals surface area contributed by atoms with Gasteiger partial charge in [-0.1, -0.05) is 0 Å². The molecule has 3 nitrogen and oxygen atoms in total. The molecule has 2 atom stereocenters. The summed E-state index contributed by atoms with van der Waals surface area (Å²) in [6.45, 7) is 0. The average molecular weight is 252 g/mol. The van der Waals surface area contributed by atoms with Gasteiger partial charge in [0.05, 0.1) is 23.8 Å². The first-order valence-corrected chi connectivity index (χ1v) is 5.84.